The molecule has 0 saturated heterocycles. The molecule has 6 heteroatoms. The van der Waals surface area contributed by atoms with Crippen LogP contribution in [-0.4, -0.2) is 23.9 Å². The van der Waals surface area contributed by atoms with Crippen molar-refractivity contribution in [1.29, 1.82) is 0 Å². The molecule has 2 aromatic rings. The van der Waals surface area contributed by atoms with Crippen LogP contribution in [0.15, 0.2) is 27.6 Å². The standard InChI is InChI=1S/C15H20FN3O.HI/c1-4-19(5-2)15(17)18-9-14-10(3)12-8-11(16)6-7-13(12)20-14;/h6-8H,4-5,9H2,1-3H3,(H2,17,18);1H. The van der Waals surface area contributed by atoms with Crippen LogP contribution in [0.2, 0.25) is 0 Å². The van der Waals surface area contributed by atoms with Gasteiger partial charge in [0.2, 0.25) is 0 Å². The summed E-state index contributed by atoms with van der Waals surface area (Å²) >= 11 is 0. The van der Waals surface area contributed by atoms with Gasteiger partial charge in [0, 0.05) is 24.0 Å². The molecule has 1 aromatic carbocycles. The number of guanidine groups is 1. The van der Waals surface area contributed by atoms with Crippen LogP contribution >= 0.6 is 24.0 Å². The Kier molecular flexibility index (Phi) is 6.44. The Morgan fingerprint density at radius 2 is 2.00 bits per heavy atom. The summed E-state index contributed by atoms with van der Waals surface area (Å²) < 4.78 is 18.9. The van der Waals surface area contributed by atoms with Crippen molar-refractivity contribution < 1.29 is 8.81 Å². The van der Waals surface area contributed by atoms with Gasteiger partial charge in [-0.1, -0.05) is 0 Å². The highest BCUT2D eigenvalue weighted by Crippen LogP contribution is 2.26. The second-order valence-electron chi connectivity index (χ2n) is 4.64. The van der Waals surface area contributed by atoms with Crippen LogP contribution in [0.4, 0.5) is 4.39 Å². The maximum Gasteiger partial charge on any atom is 0.191 e. The molecule has 21 heavy (non-hydrogen) atoms. The third kappa shape index (κ3) is 3.87. The zero-order valence-electron chi connectivity index (χ0n) is 12.5. The highest BCUT2D eigenvalue weighted by Gasteiger charge is 2.11. The van der Waals surface area contributed by atoms with E-state index in [4.69, 9.17) is 10.2 Å². The Morgan fingerprint density at radius 1 is 1.33 bits per heavy atom. The van der Waals surface area contributed by atoms with E-state index >= 15 is 0 Å². The third-order valence-electron chi connectivity index (χ3n) is 3.47. The summed E-state index contributed by atoms with van der Waals surface area (Å²) in [7, 11) is 0. The van der Waals surface area contributed by atoms with Gasteiger partial charge in [-0.2, -0.15) is 0 Å². The monoisotopic (exact) mass is 405 g/mol. The van der Waals surface area contributed by atoms with Crippen LogP contribution in [0, 0.1) is 12.7 Å². The summed E-state index contributed by atoms with van der Waals surface area (Å²) in [5, 5.41) is 0.789. The van der Waals surface area contributed by atoms with Gasteiger partial charge in [-0.15, -0.1) is 24.0 Å². The van der Waals surface area contributed by atoms with Crippen molar-refractivity contribution in [3.8, 4) is 0 Å². The number of aryl methyl sites for hydroxylation is 1. The molecule has 4 nitrogen and oxygen atoms in total. The fourth-order valence-corrected chi connectivity index (χ4v) is 2.20. The van der Waals surface area contributed by atoms with Crippen LogP contribution in [0.1, 0.15) is 25.2 Å². The van der Waals surface area contributed by atoms with Crippen molar-refractivity contribution in [2.75, 3.05) is 13.1 Å². The van der Waals surface area contributed by atoms with E-state index in [0.29, 0.717) is 18.1 Å². The number of hydrogen-bond donors (Lipinski definition) is 1. The highest BCUT2D eigenvalue weighted by atomic mass is 127. The second kappa shape index (κ2) is 7.63. The predicted molar refractivity (Wildman–Crippen MR) is 94.6 cm³/mol. The topological polar surface area (TPSA) is 54.8 Å². The van der Waals surface area contributed by atoms with E-state index in [-0.39, 0.29) is 29.8 Å². The van der Waals surface area contributed by atoms with Crippen LogP contribution < -0.4 is 5.73 Å². The first-order valence-electron chi connectivity index (χ1n) is 6.79. The van der Waals surface area contributed by atoms with Crippen LogP contribution in [0.3, 0.4) is 0 Å². The predicted octanol–water partition coefficient (Wildman–Crippen LogP) is 3.65. The van der Waals surface area contributed by atoms with Crippen molar-refractivity contribution >= 4 is 40.9 Å². The minimum absolute atomic E-state index is 0. The normalized spacial score (nSPS) is 11.5. The number of fused-ring (bicyclic) bond motifs is 1. The lowest BCUT2D eigenvalue weighted by Gasteiger charge is -2.19. The van der Waals surface area contributed by atoms with Crippen molar-refractivity contribution in [3.63, 3.8) is 0 Å². The summed E-state index contributed by atoms with van der Waals surface area (Å²) in [6, 6.07) is 4.51. The van der Waals surface area contributed by atoms with Gasteiger partial charge >= 0.3 is 0 Å². The fraction of sp³-hybridized carbons (Fsp3) is 0.400. The number of hydrogen-bond acceptors (Lipinski definition) is 2. The lowest BCUT2D eigenvalue weighted by molar-refractivity contribution is 0.455. The van der Waals surface area contributed by atoms with Crippen LogP contribution in [-0.2, 0) is 6.54 Å². The quantitative estimate of drug-likeness (QED) is 0.480. The number of benzene rings is 1. The molecule has 1 heterocycles. The van der Waals surface area contributed by atoms with Gasteiger partial charge in [0.25, 0.3) is 0 Å². The lowest BCUT2D eigenvalue weighted by Crippen LogP contribution is -2.37. The SMILES string of the molecule is CCN(CC)C(N)=NCc1oc2ccc(F)cc2c1C.I. The lowest BCUT2D eigenvalue weighted by atomic mass is 10.1. The summed E-state index contributed by atoms with van der Waals surface area (Å²) in [6.45, 7) is 7.96. The number of nitrogens with two attached hydrogens (primary N) is 1. The molecule has 0 aliphatic rings. The summed E-state index contributed by atoms with van der Waals surface area (Å²) in [5.41, 5.74) is 7.52. The average Bonchev–Trinajstić information content (AvgIpc) is 2.74. The van der Waals surface area contributed by atoms with Crippen molar-refractivity contribution in [3.05, 3.63) is 35.3 Å². The molecule has 0 spiro atoms. The molecule has 0 aliphatic carbocycles. The minimum atomic E-state index is -0.265. The molecule has 0 unspecified atom stereocenters. The second-order valence-corrected chi connectivity index (χ2v) is 4.64. The molecule has 0 aliphatic heterocycles. The maximum absolute atomic E-state index is 13.2. The third-order valence-corrected chi connectivity index (χ3v) is 3.47. The van der Waals surface area contributed by atoms with E-state index in [1.165, 1.54) is 12.1 Å². The Morgan fingerprint density at radius 3 is 2.62 bits per heavy atom. The van der Waals surface area contributed by atoms with E-state index in [2.05, 4.69) is 4.99 Å². The van der Waals surface area contributed by atoms with Crippen LogP contribution in [0.25, 0.3) is 11.0 Å². The Bertz CT molecular complexity index is 635. The molecule has 116 valence electrons. The molecule has 1 aromatic heterocycles. The van der Waals surface area contributed by atoms with E-state index in [1.54, 1.807) is 6.07 Å². The zero-order chi connectivity index (χ0) is 14.7. The van der Waals surface area contributed by atoms with E-state index in [0.717, 1.165) is 29.8 Å². The van der Waals surface area contributed by atoms with E-state index in [9.17, 15) is 4.39 Å². The first-order valence-corrected chi connectivity index (χ1v) is 6.79. The molecule has 0 atom stereocenters. The Balaban J connectivity index is 0.00000220. The van der Waals surface area contributed by atoms with Gasteiger partial charge in [-0.25, -0.2) is 9.38 Å². The molecule has 2 rings (SSSR count). The van der Waals surface area contributed by atoms with Gasteiger partial charge in [0.15, 0.2) is 5.96 Å². The van der Waals surface area contributed by atoms with Gasteiger partial charge in [-0.3, -0.25) is 0 Å². The maximum atomic E-state index is 13.2. The zero-order valence-corrected chi connectivity index (χ0v) is 14.8. The smallest absolute Gasteiger partial charge is 0.191 e. The average molecular weight is 405 g/mol. The molecule has 2 N–H and O–H groups in total. The highest BCUT2D eigenvalue weighted by molar-refractivity contribution is 14.0. The molecule has 0 fully saturated rings. The van der Waals surface area contributed by atoms with Gasteiger partial charge < -0.3 is 15.1 Å². The number of aliphatic imine (C=N–C) groups is 1. The molecular weight excluding hydrogens is 384 g/mol. The Labute approximate surface area is 141 Å². The van der Waals surface area contributed by atoms with Gasteiger partial charge in [0.1, 0.15) is 23.7 Å². The largest absolute Gasteiger partial charge is 0.459 e. The fourth-order valence-electron chi connectivity index (χ4n) is 2.20. The summed E-state index contributed by atoms with van der Waals surface area (Å²) in [4.78, 5) is 6.32. The van der Waals surface area contributed by atoms with Crippen LogP contribution in [0.5, 0.6) is 0 Å². The molecule has 0 bridgehead atoms. The van der Waals surface area contributed by atoms with Crippen molar-refractivity contribution in [1.82, 2.24) is 4.90 Å². The molecule has 0 radical (unpaired) electrons. The summed E-state index contributed by atoms with van der Waals surface area (Å²) in [6.07, 6.45) is 0. The molecule has 0 amide bonds. The number of furan rings is 1. The molecule has 0 saturated carbocycles. The minimum Gasteiger partial charge on any atom is -0.459 e. The molecular formula is C15H21FIN3O. The van der Waals surface area contributed by atoms with E-state index < -0.39 is 0 Å². The number of halogens is 2. The van der Waals surface area contributed by atoms with Gasteiger partial charge in [0.05, 0.1) is 0 Å². The first-order chi connectivity index (χ1) is 9.56. The first kappa shape index (κ1) is 17.7. The van der Waals surface area contributed by atoms with Crippen molar-refractivity contribution in [2.24, 2.45) is 10.7 Å². The van der Waals surface area contributed by atoms with Crippen molar-refractivity contribution in [2.45, 2.75) is 27.3 Å². The van der Waals surface area contributed by atoms with E-state index in [1.807, 2.05) is 25.7 Å². The Hall–Kier alpha value is -1.31. The number of nitrogens with zero attached hydrogens (tertiary/aromatic N) is 2. The van der Waals surface area contributed by atoms with Gasteiger partial charge in [-0.05, 0) is 39.0 Å². The summed E-state index contributed by atoms with van der Waals surface area (Å²) in [5.74, 6) is 0.959. The number of rotatable bonds is 4.